The Morgan fingerprint density at radius 3 is 2.60 bits per heavy atom. The van der Waals surface area contributed by atoms with Gasteiger partial charge in [-0.25, -0.2) is 8.78 Å². The maximum atomic E-state index is 13.6. The first kappa shape index (κ1) is 16.6. The molecule has 0 aliphatic heterocycles. The number of nitrogens with zero attached hydrogens (tertiary/aromatic N) is 1. The van der Waals surface area contributed by atoms with E-state index in [-0.39, 0.29) is 12.1 Å². The summed E-state index contributed by atoms with van der Waals surface area (Å²) in [7, 11) is 1.58. The van der Waals surface area contributed by atoms with Crippen molar-refractivity contribution in [3.05, 3.63) is 71.4 Å². The zero-order chi connectivity index (χ0) is 17.8. The molecule has 25 heavy (non-hydrogen) atoms. The Kier molecular flexibility index (Phi) is 4.74. The average Bonchev–Trinajstić information content (AvgIpc) is 3.09. The Bertz CT molecular complexity index is 892. The zero-order valence-corrected chi connectivity index (χ0v) is 13.3. The second-order valence-electron chi connectivity index (χ2n) is 5.22. The predicted molar refractivity (Wildman–Crippen MR) is 86.0 cm³/mol. The lowest BCUT2D eigenvalue weighted by molar-refractivity contribution is 0.0946. The monoisotopic (exact) mass is 344 g/mol. The summed E-state index contributed by atoms with van der Waals surface area (Å²) in [5, 5.41) is 6.38. The largest absolute Gasteiger partial charge is 0.497 e. The first-order valence-corrected chi connectivity index (χ1v) is 7.40. The Morgan fingerprint density at radius 1 is 1.16 bits per heavy atom. The number of nitrogens with one attached hydrogen (secondary N) is 1. The van der Waals surface area contributed by atoms with E-state index in [1.165, 1.54) is 0 Å². The number of halogens is 2. The lowest BCUT2D eigenvalue weighted by Crippen LogP contribution is -2.24. The van der Waals surface area contributed by atoms with Gasteiger partial charge in [0.1, 0.15) is 23.1 Å². The summed E-state index contributed by atoms with van der Waals surface area (Å²) in [6, 6.07) is 11.6. The smallest absolute Gasteiger partial charge is 0.254 e. The normalized spacial score (nSPS) is 10.5. The van der Waals surface area contributed by atoms with E-state index in [1.807, 2.05) is 12.1 Å². The second kappa shape index (κ2) is 7.12. The highest BCUT2D eigenvalue weighted by Gasteiger charge is 2.13. The Labute approximate surface area is 142 Å². The molecule has 0 saturated carbocycles. The van der Waals surface area contributed by atoms with E-state index in [0.29, 0.717) is 17.5 Å². The number of carbonyl (C=O) groups is 1. The Morgan fingerprint density at radius 2 is 1.92 bits per heavy atom. The van der Waals surface area contributed by atoms with E-state index in [9.17, 15) is 13.6 Å². The van der Waals surface area contributed by atoms with Crippen LogP contribution < -0.4 is 10.1 Å². The predicted octanol–water partition coefficient (Wildman–Crippen LogP) is 3.56. The van der Waals surface area contributed by atoms with Gasteiger partial charge in [0.15, 0.2) is 5.76 Å². The maximum Gasteiger partial charge on any atom is 0.254 e. The van der Waals surface area contributed by atoms with E-state index in [4.69, 9.17) is 9.26 Å². The number of amides is 1. The van der Waals surface area contributed by atoms with Crippen molar-refractivity contribution in [2.45, 2.75) is 6.54 Å². The summed E-state index contributed by atoms with van der Waals surface area (Å²) in [6.07, 6.45) is 0. The van der Waals surface area contributed by atoms with Crippen LogP contribution in [0.5, 0.6) is 5.75 Å². The minimum Gasteiger partial charge on any atom is -0.497 e. The Hall–Kier alpha value is -3.22. The molecule has 1 N–H and O–H groups in total. The van der Waals surface area contributed by atoms with Gasteiger partial charge in [-0.05, 0) is 36.4 Å². The van der Waals surface area contributed by atoms with Crippen molar-refractivity contribution in [1.29, 1.82) is 0 Å². The fourth-order valence-electron chi connectivity index (χ4n) is 2.23. The van der Waals surface area contributed by atoms with E-state index >= 15 is 0 Å². The molecule has 0 atom stereocenters. The molecular formula is C18H14F2N2O3. The molecule has 5 nitrogen and oxygen atoms in total. The highest BCUT2D eigenvalue weighted by Crippen LogP contribution is 2.23. The molecule has 1 amide bonds. The molecule has 0 aliphatic carbocycles. The third kappa shape index (κ3) is 3.82. The van der Waals surface area contributed by atoms with Gasteiger partial charge in [0.2, 0.25) is 0 Å². The average molecular weight is 344 g/mol. The van der Waals surface area contributed by atoms with Crippen LogP contribution in [0.25, 0.3) is 11.3 Å². The van der Waals surface area contributed by atoms with Gasteiger partial charge in [-0.2, -0.15) is 0 Å². The van der Waals surface area contributed by atoms with Crippen molar-refractivity contribution in [3.8, 4) is 17.1 Å². The zero-order valence-electron chi connectivity index (χ0n) is 13.3. The summed E-state index contributed by atoms with van der Waals surface area (Å²) in [5.74, 6) is -1.07. The second-order valence-corrected chi connectivity index (χ2v) is 5.22. The molecule has 3 rings (SSSR count). The SMILES string of the molecule is COc1ccc(-c2cc(CNC(=O)c3ccc(F)cc3F)no2)cc1. The molecule has 0 aliphatic rings. The number of methoxy groups -OCH3 is 1. The topological polar surface area (TPSA) is 64.4 Å². The minimum atomic E-state index is -0.920. The van der Waals surface area contributed by atoms with Crippen LogP contribution in [0.2, 0.25) is 0 Å². The minimum absolute atomic E-state index is 0.0509. The highest BCUT2D eigenvalue weighted by molar-refractivity contribution is 5.94. The highest BCUT2D eigenvalue weighted by atomic mass is 19.1. The lowest BCUT2D eigenvalue weighted by atomic mass is 10.1. The van der Waals surface area contributed by atoms with Crippen molar-refractivity contribution in [3.63, 3.8) is 0 Å². The summed E-state index contributed by atoms with van der Waals surface area (Å²) in [6.45, 7) is 0.0509. The fourth-order valence-corrected chi connectivity index (χ4v) is 2.23. The fraction of sp³-hybridized carbons (Fsp3) is 0.111. The molecule has 0 fully saturated rings. The van der Waals surface area contributed by atoms with Gasteiger partial charge in [0, 0.05) is 17.7 Å². The molecule has 3 aromatic rings. The number of benzene rings is 2. The molecule has 1 aromatic heterocycles. The van der Waals surface area contributed by atoms with Gasteiger partial charge in [0.25, 0.3) is 5.91 Å². The standard InChI is InChI=1S/C18H14F2N2O3/c1-24-14-5-2-11(3-6-14)17-9-13(22-25-17)10-21-18(23)15-7-4-12(19)8-16(15)20/h2-9H,10H2,1H3,(H,21,23). The molecule has 7 heteroatoms. The third-order valence-corrected chi connectivity index (χ3v) is 3.54. The molecule has 0 saturated heterocycles. The molecule has 0 bridgehead atoms. The quantitative estimate of drug-likeness (QED) is 0.769. The molecule has 0 spiro atoms. The van der Waals surface area contributed by atoms with Gasteiger partial charge in [-0.3, -0.25) is 4.79 Å². The van der Waals surface area contributed by atoms with Crippen LogP contribution in [-0.4, -0.2) is 18.2 Å². The molecule has 1 heterocycles. The number of hydrogen-bond donors (Lipinski definition) is 1. The number of rotatable bonds is 5. The number of carbonyl (C=O) groups excluding carboxylic acids is 1. The summed E-state index contributed by atoms with van der Waals surface area (Å²) < 4.78 is 36.8. The third-order valence-electron chi connectivity index (χ3n) is 3.54. The molecule has 0 radical (unpaired) electrons. The van der Waals surface area contributed by atoms with Crippen LogP contribution in [0, 0.1) is 11.6 Å². The van der Waals surface area contributed by atoms with E-state index in [1.54, 1.807) is 25.3 Å². The number of hydrogen-bond acceptors (Lipinski definition) is 4. The first-order valence-electron chi connectivity index (χ1n) is 7.40. The van der Waals surface area contributed by atoms with Crippen molar-refractivity contribution in [1.82, 2.24) is 10.5 Å². The van der Waals surface area contributed by atoms with E-state index in [2.05, 4.69) is 10.5 Å². The lowest BCUT2D eigenvalue weighted by Gasteiger charge is -2.04. The van der Waals surface area contributed by atoms with Crippen molar-refractivity contribution >= 4 is 5.91 Å². The van der Waals surface area contributed by atoms with Crippen LogP contribution in [0.4, 0.5) is 8.78 Å². The van der Waals surface area contributed by atoms with Crippen molar-refractivity contribution < 1.29 is 22.8 Å². The number of ether oxygens (including phenoxy) is 1. The van der Waals surface area contributed by atoms with Crippen LogP contribution in [0.3, 0.4) is 0 Å². The van der Waals surface area contributed by atoms with Gasteiger partial charge in [-0.15, -0.1) is 0 Å². The van der Waals surface area contributed by atoms with E-state index in [0.717, 1.165) is 23.4 Å². The Balaban J connectivity index is 1.66. The van der Waals surface area contributed by atoms with Gasteiger partial charge in [-0.1, -0.05) is 5.16 Å². The van der Waals surface area contributed by atoms with Crippen LogP contribution in [0.15, 0.2) is 53.1 Å². The maximum absolute atomic E-state index is 13.6. The van der Waals surface area contributed by atoms with Crippen LogP contribution in [-0.2, 0) is 6.54 Å². The molecule has 2 aromatic carbocycles. The number of aromatic nitrogens is 1. The van der Waals surface area contributed by atoms with Gasteiger partial charge < -0.3 is 14.6 Å². The van der Waals surface area contributed by atoms with Gasteiger partial charge in [0.05, 0.1) is 19.2 Å². The summed E-state index contributed by atoms with van der Waals surface area (Å²) in [5.41, 5.74) is 1.04. The van der Waals surface area contributed by atoms with Gasteiger partial charge >= 0.3 is 0 Å². The summed E-state index contributed by atoms with van der Waals surface area (Å²) in [4.78, 5) is 12.0. The van der Waals surface area contributed by atoms with Crippen molar-refractivity contribution in [2.75, 3.05) is 7.11 Å². The molecule has 0 unspecified atom stereocenters. The van der Waals surface area contributed by atoms with Crippen LogP contribution >= 0.6 is 0 Å². The van der Waals surface area contributed by atoms with Crippen molar-refractivity contribution in [2.24, 2.45) is 0 Å². The molecule has 128 valence electrons. The first-order chi connectivity index (χ1) is 12.1. The van der Waals surface area contributed by atoms with E-state index < -0.39 is 17.5 Å². The van der Waals surface area contributed by atoms with Crippen LogP contribution in [0.1, 0.15) is 16.1 Å². The molecular weight excluding hydrogens is 330 g/mol. The summed E-state index contributed by atoms with van der Waals surface area (Å²) >= 11 is 0.